The van der Waals surface area contributed by atoms with Crippen molar-refractivity contribution in [3.63, 3.8) is 0 Å². The number of nitrogens with zero attached hydrogens (tertiary/aromatic N) is 4. The van der Waals surface area contributed by atoms with E-state index in [-0.39, 0.29) is 0 Å². The molecule has 1 fully saturated rings. The summed E-state index contributed by atoms with van der Waals surface area (Å²) in [6.07, 6.45) is 0. The number of aromatic nitrogens is 2. The molecule has 5 nitrogen and oxygen atoms in total. The van der Waals surface area contributed by atoms with Crippen molar-refractivity contribution >= 4 is 10.8 Å². The number of benzene rings is 3. The largest absolute Gasteiger partial charge is 0.419 e. The molecule has 4 aromatic rings. The molecule has 1 aliphatic heterocycles. The minimum absolute atomic E-state index is 0.593. The van der Waals surface area contributed by atoms with Crippen LogP contribution in [0.4, 0.5) is 0 Å². The highest BCUT2D eigenvalue weighted by Crippen LogP contribution is 2.21. The standard InChI is InChI=1S/C24H24N4O/c1-2-8-20(9-3-1)24-26-25-23(29-24)18-28-15-13-27(14-16-28)17-21-11-6-10-19-7-4-5-12-22(19)21/h1-12H,13-18H2. The lowest BCUT2D eigenvalue weighted by molar-refractivity contribution is 0.115. The molecule has 1 saturated heterocycles. The molecule has 0 unspecified atom stereocenters. The Balaban J connectivity index is 1.18. The van der Waals surface area contributed by atoms with Gasteiger partial charge in [0.2, 0.25) is 11.8 Å². The van der Waals surface area contributed by atoms with Crippen LogP contribution < -0.4 is 0 Å². The summed E-state index contributed by atoms with van der Waals surface area (Å²) in [4.78, 5) is 4.92. The van der Waals surface area contributed by atoms with E-state index in [4.69, 9.17) is 4.42 Å². The van der Waals surface area contributed by atoms with Gasteiger partial charge in [-0.3, -0.25) is 9.80 Å². The zero-order valence-electron chi connectivity index (χ0n) is 16.4. The van der Waals surface area contributed by atoms with Crippen molar-refractivity contribution in [1.82, 2.24) is 20.0 Å². The maximum atomic E-state index is 5.87. The molecular weight excluding hydrogens is 360 g/mol. The zero-order chi connectivity index (χ0) is 19.5. The third-order valence-electron chi connectivity index (χ3n) is 5.59. The molecule has 0 radical (unpaired) electrons. The maximum absolute atomic E-state index is 5.87. The van der Waals surface area contributed by atoms with Gasteiger partial charge in [0.1, 0.15) is 0 Å². The molecule has 29 heavy (non-hydrogen) atoms. The Morgan fingerprint density at radius 1 is 0.690 bits per heavy atom. The number of fused-ring (bicyclic) bond motifs is 1. The smallest absolute Gasteiger partial charge is 0.247 e. The van der Waals surface area contributed by atoms with E-state index in [1.807, 2.05) is 30.3 Å². The first kappa shape index (κ1) is 18.0. The number of hydrogen-bond acceptors (Lipinski definition) is 5. The van der Waals surface area contributed by atoms with Crippen LogP contribution in [-0.2, 0) is 13.1 Å². The van der Waals surface area contributed by atoms with Gasteiger partial charge in [0, 0.05) is 38.3 Å². The Morgan fingerprint density at radius 3 is 2.21 bits per heavy atom. The van der Waals surface area contributed by atoms with E-state index in [1.54, 1.807) is 0 Å². The van der Waals surface area contributed by atoms with Crippen LogP contribution in [0.5, 0.6) is 0 Å². The van der Waals surface area contributed by atoms with Crippen LogP contribution in [0.15, 0.2) is 77.2 Å². The van der Waals surface area contributed by atoms with E-state index in [2.05, 4.69) is 62.5 Å². The zero-order valence-corrected chi connectivity index (χ0v) is 16.4. The third kappa shape index (κ3) is 4.06. The Morgan fingerprint density at radius 2 is 1.38 bits per heavy atom. The first-order chi connectivity index (χ1) is 14.3. The lowest BCUT2D eigenvalue weighted by atomic mass is 10.0. The fourth-order valence-electron chi connectivity index (χ4n) is 3.98. The Hall–Kier alpha value is -3.02. The van der Waals surface area contributed by atoms with E-state index in [9.17, 15) is 0 Å². The summed E-state index contributed by atoms with van der Waals surface area (Å²) in [7, 11) is 0. The van der Waals surface area contributed by atoms with Gasteiger partial charge < -0.3 is 4.42 Å². The summed E-state index contributed by atoms with van der Waals surface area (Å²) in [5.74, 6) is 1.28. The van der Waals surface area contributed by atoms with Crippen LogP contribution in [0.25, 0.3) is 22.2 Å². The van der Waals surface area contributed by atoms with Gasteiger partial charge in [-0.15, -0.1) is 10.2 Å². The molecule has 0 atom stereocenters. The molecule has 146 valence electrons. The molecule has 1 aromatic heterocycles. The van der Waals surface area contributed by atoms with Gasteiger partial charge in [-0.05, 0) is 28.5 Å². The Kier molecular flexibility index (Phi) is 5.07. The molecule has 0 aliphatic carbocycles. The van der Waals surface area contributed by atoms with Crippen molar-refractivity contribution in [1.29, 1.82) is 0 Å². The molecule has 5 rings (SSSR count). The molecule has 1 aliphatic rings. The van der Waals surface area contributed by atoms with Gasteiger partial charge in [0.05, 0.1) is 6.54 Å². The average Bonchev–Trinajstić information content (AvgIpc) is 3.25. The lowest BCUT2D eigenvalue weighted by Gasteiger charge is -2.34. The highest BCUT2D eigenvalue weighted by Gasteiger charge is 2.20. The predicted octanol–water partition coefficient (Wildman–Crippen LogP) is 4.21. The molecule has 0 spiro atoms. The van der Waals surface area contributed by atoms with Crippen LogP contribution in [-0.4, -0.2) is 46.2 Å². The summed E-state index contributed by atoms with van der Waals surface area (Å²) in [5, 5.41) is 11.1. The predicted molar refractivity (Wildman–Crippen MR) is 114 cm³/mol. The minimum Gasteiger partial charge on any atom is -0.419 e. The van der Waals surface area contributed by atoms with Crippen molar-refractivity contribution in [3.05, 3.63) is 84.3 Å². The minimum atomic E-state index is 0.593. The summed E-state index contributed by atoms with van der Waals surface area (Å²) in [5.41, 5.74) is 2.37. The molecule has 3 aromatic carbocycles. The number of piperazine rings is 1. The van der Waals surface area contributed by atoms with E-state index in [1.165, 1.54) is 16.3 Å². The van der Waals surface area contributed by atoms with Crippen LogP contribution in [0.1, 0.15) is 11.5 Å². The topological polar surface area (TPSA) is 45.4 Å². The van der Waals surface area contributed by atoms with Gasteiger partial charge >= 0.3 is 0 Å². The molecule has 0 amide bonds. The monoisotopic (exact) mass is 384 g/mol. The maximum Gasteiger partial charge on any atom is 0.247 e. The van der Waals surface area contributed by atoms with Gasteiger partial charge in [0.25, 0.3) is 0 Å². The lowest BCUT2D eigenvalue weighted by Crippen LogP contribution is -2.45. The van der Waals surface area contributed by atoms with Crippen molar-refractivity contribution in [2.45, 2.75) is 13.1 Å². The van der Waals surface area contributed by atoms with Crippen LogP contribution >= 0.6 is 0 Å². The van der Waals surface area contributed by atoms with Crippen molar-refractivity contribution in [2.75, 3.05) is 26.2 Å². The highest BCUT2D eigenvalue weighted by atomic mass is 16.4. The normalized spacial score (nSPS) is 15.7. The summed E-state index contributed by atoms with van der Waals surface area (Å²) < 4.78 is 5.87. The number of rotatable bonds is 5. The summed E-state index contributed by atoms with van der Waals surface area (Å²) >= 11 is 0. The van der Waals surface area contributed by atoms with E-state index in [0.29, 0.717) is 18.3 Å². The first-order valence-corrected chi connectivity index (χ1v) is 10.1. The second-order valence-corrected chi connectivity index (χ2v) is 7.56. The molecule has 0 bridgehead atoms. The summed E-state index contributed by atoms with van der Waals surface area (Å²) in [6, 6.07) is 25.2. The molecule has 5 heteroatoms. The number of hydrogen-bond donors (Lipinski definition) is 0. The summed E-state index contributed by atoms with van der Waals surface area (Å²) in [6.45, 7) is 5.81. The fourth-order valence-corrected chi connectivity index (χ4v) is 3.98. The van der Waals surface area contributed by atoms with Crippen LogP contribution in [0, 0.1) is 0 Å². The van der Waals surface area contributed by atoms with Gasteiger partial charge in [-0.25, -0.2) is 0 Å². The quantitative estimate of drug-likeness (QED) is 0.516. The van der Waals surface area contributed by atoms with Gasteiger partial charge in [0.15, 0.2) is 0 Å². The van der Waals surface area contributed by atoms with Gasteiger partial charge in [-0.1, -0.05) is 60.7 Å². The van der Waals surface area contributed by atoms with E-state index in [0.717, 1.165) is 38.3 Å². The second-order valence-electron chi connectivity index (χ2n) is 7.56. The molecule has 0 saturated carbocycles. The average molecular weight is 384 g/mol. The van der Waals surface area contributed by atoms with Crippen molar-refractivity contribution in [2.24, 2.45) is 0 Å². The fraction of sp³-hybridized carbons (Fsp3) is 0.250. The molecular formula is C24H24N4O. The SMILES string of the molecule is c1ccc(-c2nnc(CN3CCN(Cc4cccc5ccccc45)CC3)o2)cc1. The third-order valence-corrected chi connectivity index (χ3v) is 5.59. The van der Waals surface area contributed by atoms with E-state index >= 15 is 0 Å². The van der Waals surface area contributed by atoms with Crippen molar-refractivity contribution in [3.8, 4) is 11.5 Å². The van der Waals surface area contributed by atoms with Gasteiger partial charge in [-0.2, -0.15) is 0 Å². The molecule has 0 N–H and O–H groups in total. The molecule has 2 heterocycles. The van der Waals surface area contributed by atoms with Crippen molar-refractivity contribution < 1.29 is 4.42 Å². The Bertz CT molecular complexity index is 1080. The highest BCUT2D eigenvalue weighted by molar-refractivity contribution is 5.85. The second kappa shape index (κ2) is 8.15. The van der Waals surface area contributed by atoms with Crippen LogP contribution in [0.2, 0.25) is 0 Å². The van der Waals surface area contributed by atoms with E-state index < -0.39 is 0 Å². The van der Waals surface area contributed by atoms with Crippen LogP contribution in [0.3, 0.4) is 0 Å². The first-order valence-electron chi connectivity index (χ1n) is 10.1. The Labute approximate surface area is 170 Å².